The van der Waals surface area contributed by atoms with Crippen LogP contribution in [0, 0.1) is 0 Å². The summed E-state index contributed by atoms with van der Waals surface area (Å²) in [4.78, 5) is 4.31. The number of thiazole rings is 1. The number of nitrogen functional groups attached to an aromatic ring is 1. The van der Waals surface area contributed by atoms with Crippen molar-refractivity contribution in [2.45, 2.75) is 4.90 Å². The van der Waals surface area contributed by atoms with Crippen molar-refractivity contribution in [3.8, 4) is 22.8 Å². The van der Waals surface area contributed by atoms with Gasteiger partial charge in [-0.1, -0.05) is 12.1 Å². The van der Waals surface area contributed by atoms with Gasteiger partial charge < -0.3 is 15.2 Å². The molecule has 0 unspecified atom stereocenters. The third-order valence-corrected chi connectivity index (χ3v) is 5.84. The maximum Gasteiger partial charge on any atom is 0.267 e. The van der Waals surface area contributed by atoms with Crippen LogP contribution in [-0.4, -0.2) is 27.6 Å². The van der Waals surface area contributed by atoms with Crippen molar-refractivity contribution < 1.29 is 17.9 Å². The highest BCUT2D eigenvalue weighted by Crippen LogP contribution is 2.31. The number of benzene rings is 2. The first-order valence-electron chi connectivity index (χ1n) is 7.49. The number of anilines is 2. The fourth-order valence-electron chi connectivity index (χ4n) is 2.27. The summed E-state index contributed by atoms with van der Waals surface area (Å²) in [6.45, 7) is 0. The number of methoxy groups -OCH3 is 2. The highest BCUT2D eigenvalue weighted by Gasteiger charge is 2.22. The largest absolute Gasteiger partial charge is 0.497 e. The molecule has 0 amide bonds. The Balaban J connectivity index is 1.90. The summed E-state index contributed by atoms with van der Waals surface area (Å²) in [5.74, 6) is 0.626. The Bertz CT molecular complexity index is 1010. The maximum atomic E-state index is 12.7. The van der Waals surface area contributed by atoms with E-state index in [0.717, 1.165) is 5.56 Å². The van der Waals surface area contributed by atoms with Gasteiger partial charge in [-0.15, -0.1) is 11.3 Å². The third-order valence-electron chi connectivity index (χ3n) is 3.59. The highest BCUT2D eigenvalue weighted by atomic mass is 32.2. The van der Waals surface area contributed by atoms with E-state index in [9.17, 15) is 8.42 Å². The Hall–Kier alpha value is -2.78. The number of nitrogens with one attached hydrogen (secondary N) is 1. The van der Waals surface area contributed by atoms with E-state index in [2.05, 4.69) is 9.71 Å². The van der Waals surface area contributed by atoms with Crippen molar-refractivity contribution in [2.75, 3.05) is 24.7 Å². The lowest BCUT2D eigenvalue weighted by Crippen LogP contribution is -2.14. The van der Waals surface area contributed by atoms with Crippen molar-refractivity contribution >= 4 is 32.2 Å². The number of nitrogens with zero attached hydrogens (tertiary/aromatic N) is 1. The fraction of sp³-hybridized carbons (Fsp3) is 0.118. The number of sulfonamides is 1. The second-order valence-electron chi connectivity index (χ2n) is 5.28. The summed E-state index contributed by atoms with van der Waals surface area (Å²) in [5.41, 5.74) is 7.83. The molecule has 0 atom stereocenters. The topological polar surface area (TPSA) is 104 Å². The molecule has 1 aromatic heterocycles. The molecule has 3 rings (SSSR count). The number of hydrogen-bond donors (Lipinski definition) is 2. The predicted molar refractivity (Wildman–Crippen MR) is 102 cm³/mol. The average Bonchev–Trinajstić information content (AvgIpc) is 3.09. The maximum absolute atomic E-state index is 12.7. The molecular weight excluding hydrogens is 374 g/mol. The molecule has 0 spiro atoms. The Kier molecular flexibility index (Phi) is 5.01. The first-order valence-corrected chi connectivity index (χ1v) is 9.85. The first kappa shape index (κ1) is 18.0. The van der Waals surface area contributed by atoms with E-state index in [-0.39, 0.29) is 15.8 Å². The molecule has 136 valence electrons. The van der Waals surface area contributed by atoms with Crippen LogP contribution in [0.15, 0.2) is 52.7 Å². The molecule has 3 aromatic rings. The molecule has 0 fully saturated rings. The molecule has 0 aliphatic heterocycles. The molecule has 0 radical (unpaired) electrons. The molecule has 26 heavy (non-hydrogen) atoms. The molecule has 0 saturated carbocycles. The lowest BCUT2D eigenvalue weighted by molar-refractivity contribution is 0.392. The molecule has 0 bridgehead atoms. The van der Waals surface area contributed by atoms with Gasteiger partial charge in [0.25, 0.3) is 10.0 Å². The smallest absolute Gasteiger partial charge is 0.267 e. The van der Waals surface area contributed by atoms with Crippen LogP contribution < -0.4 is 19.9 Å². The van der Waals surface area contributed by atoms with E-state index in [4.69, 9.17) is 15.2 Å². The van der Waals surface area contributed by atoms with Gasteiger partial charge in [0, 0.05) is 22.7 Å². The van der Waals surface area contributed by atoms with Crippen LogP contribution in [-0.2, 0) is 10.0 Å². The van der Waals surface area contributed by atoms with Gasteiger partial charge in [-0.25, -0.2) is 13.4 Å². The van der Waals surface area contributed by atoms with Crippen molar-refractivity contribution in [1.82, 2.24) is 4.98 Å². The number of rotatable bonds is 6. The minimum absolute atomic E-state index is 0.0245. The molecule has 7 nitrogen and oxygen atoms in total. The van der Waals surface area contributed by atoms with E-state index < -0.39 is 10.0 Å². The van der Waals surface area contributed by atoms with E-state index in [1.54, 1.807) is 23.6 Å². The zero-order chi connectivity index (χ0) is 18.7. The first-order chi connectivity index (χ1) is 12.4. The molecule has 0 saturated heterocycles. The Labute approximate surface area is 155 Å². The number of ether oxygens (including phenoxy) is 2. The number of aromatic nitrogens is 1. The lowest BCUT2D eigenvalue weighted by atomic mass is 10.2. The van der Waals surface area contributed by atoms with Crippen LogP contribution in [0.2, 0.25) is 0 Å². The van der Waals surface area contributed by atoms with Gasteiger partial charge >= 0.3 is 0 Å². The van der Waals surface area contributed by atoms with Crippen LogP contribution in [0.3, 0.4) is 0 Å². The average molecular weight is 391 g/mol. The van der Waals surface area contributed by atoms with Crippen molar-refractivity contribution in [2.24, 2.45) is 0 Å². The summed E-state index contributed by atoms with van der Waals surface area (Å²) in [6.07, 6.45) is 0. The summed E-state index contributed by atoms with van der Waals surface area (Å²) >= 11 is 1.19. The number of nitrogens with two attached hydrogens (primary N) is 1. The third kappa shape index (κ3) is 3.73. The molecular formula is C17H17N3O4S2. The fourth-order valence-corrected chi connectivity index (χ4v) is 4.43. The zero-order valence-electron chi connectivity index (χ0n) is 14.1. The molecule has 1 heterocycles. The van der Waals surface area contributed by atoms with Crippen LogP contribution in [0.25, 0.3) is 11.3 Å². The van der Waals surface area contributed by atoms with Crippen LogP contribution in [0.1, 0.15) is 0 Å². The van der Waals surface area contributed by atoms with Gasteiger partial charge in [-0.2, -0.15) is 0 Å². The zero-order valence-corrected chi connectivity index (χ0v) is 15.7. The summed E-state index contributed by atoms with van der Waals surface area (Å²) < 4.78 is 38.2. The summed E-state index contributed by atoms with van der Waals surface area (Å²) in [7, 11) is -1.02. The van der Waals surface area contributed by atoms with Crippen molar-refractivity contribution in [1.29, 1.82) is 0 Å². The van der Waals surface area contributed by atoms with E-state index in [1.807, 2.05) is 12.1 Å². The van der Waals surface area contributed by atoms with E-state index >= 15 is 0 Å². The van der Waals surface area contributed by atoms with Crippen LogP contribution in [0.4, 0.5) is 10.8 Å². The van der Waals surface area contributed by atoms with E-state index in [0.29, 0.717) is 17.1 Å². The van der Waals surface area contributed by atoms with Crippen LogP contribution in [0.5, 0.6) is 11.5 Å². The Morgan fingerprint density at radius 1 is 1.08 bits per heavy atom. The van der Waals surface area contributed by atoms with Crippen molar-refractivity contribution in [3.63, 3.8) is 0 Å². The van der Waals surface area contributed by atoms with Gasteiger partial charge in [-0.05, 0) is 24.3 Å². The molecule has 0 aliphatic carbocycles. The Morgan fingerprint density at radius 2 is 1.81 bits per heavy atom. The molecule has 9 heteroatoms. The second-order valence-corrected chi connectivity index (χ2v) is 7.79. The minimum atomic E-state index is -3.89. The SMILES string of the molecule is COc1ccc(OC)c(S(=O)(=O)Nc2nc(-c3ccc(N)cc3)cs2)c1. The Morgan fingerprint density at radius 3 is 2.46 bits per heavy atom. The normalized spacial score (nSPS) is 11.2. The quantitative estimate of drug-likeness (QED) is 0.626. The second kappa shape index (κ2) is 7.22. The van der Waals surface area contributed by atoms with Gasteiger partial charge in [0.1, 0.15) is 16.4 Å². The monoisotopic (exact) mass is 391 g/mol. The minimum Gasteiger partial charge on any atom is -0.497 e. The summed E-state index contributed by atoms with van der Waals surface area (Å²) in [6, 6.07) is 11.7. The van der Waals surface area contributed by atoms with E-state index in [1.165, 1.54) is 37.7 Å². The highest BCUT2D eigenvalue weighted by molar-refractivity contribution is 7.93. The van der Waals surface area contributed by atoms with Gasteiger partial charge in [0.15, 0.2) is 5.13 Å². The number of hydrogen-bond acceptors (Lipinski definition) is 7. The molecule has 3 N–H and O–H groups in total. The van der Waals surface area contributed by atoms with Gasteiger partial charge in [-0.3, -0.25) is 4.72 Å². The standard InChI is InChI=1S/C17H17N3O4S2/c1-23-13-7-8-15(24-2)16(9-13)26(21,22)20-17-19-14(10-25-17)11-3-5-12(18)6-4-11/h3-10H,18H2,1-2H3,(H,19,20). The van der Waals surface area contributed by atoms with Crippen LogP contribution >= 0.6 is 11.3 Å². The van der Waals surface area contributed by atoms with Gasteiger partial charge in [0.05, 0.1) is 19.9 Å². The predicted octanol–water partition coefficient (Wildman–Crippen LogP) is 3.21. The lowest BCUT2D eigenvalue weighted by Gasteiger charge is -2.11. The van der Waals surface area contributed by atoms with Gasteiger partial charge in [0.2, 0.25) is 0 Å². The van der Waals surface area contributed by atoms with Crippen molar-refractivity contribution in [3.05, 3.63) is 47.8 Å². The molecule has 2 aromatic carbocycles. The molecule has 0 aliphatic rings. The summed E-state index contributed by atoms with van der Waals surface area (Å²) in [5, 5.41) is 2.02.